The molecule has 80 valence electrons. The Kier molecular flexibility index (Phi) is 3.88. The molecule has 0 aromatic heterocycles. The minimum Gasteiger partial charge on any atom is -0.394 e. The molecule has 1 rings (SSSR count). The molecule has 1 atom stereocenters. The largest absolute Gasteiger partial charge is 0.394 e. The van der Waals surface area contributed by atoms with Crippen LogP contribution in [0.4, 0.5) is 0 Å². The summed E-state index contributed by atoms with van der Waals surface area (Å²) in [5.74, 6) is -1.10. The molecule has 0 aliphatic carbocycles. The zero-order valence-electron chi connectivity index (χ0n) is 8.32. The molecule has 14 heavy (non-hydrogen) atoms. The van der Waals surface area contributed by atoms with Gasteiger partial charge < -0.3 is 15.3 Å². The van der Waals surface area contributed by atoms with Crippen molar-refractivity contribution in [3.8, 4) is 0 Å². The Morgan fingerprint density at radius 2 is 2.00 bits per heavy atom. The van der Waals surface area contributed by atoms with Gasteiger partial charge >= 0.3 is 11.8 Å². The molecule has 5 nitrogen and oxygen atoms in total. The van der Waals surface area contributed by atoms with Crippen molar-refractivity contribution in [2.24, 2.45) is 0 Å². The highest BCUT2D eigenvalue weighted by molar-refractivity contribution is 6.35. The van der Waals surface area contributed by atoms with Gasteiger partial charge in [0.15, 0.2) is 0 Å². The zero-order chi connectivity index (χ0) is 10.6. The molecule has 1 heterocycles. The van der Waals surface area contributed by atoms with E-state index in [2.05, 4.69) is 5.32 Å². The fourth-order valence-corrected chi connectivity index (χ4v) is 1.40. The number of nitrogens with zero attached hydrogens (tertiary/aromatic N) is 1. The lowest BCUT2D eigenvalue weighted by molar-refractivity contribution is -0.145. The van der Waals surface area contributed by atoms with Crippen molar-refractivity contribution in [1.29, 1.82) is 0 Å². The second-order valence-corrected chi connectivity index (χ2v) is 3.56. The van der Waals surface area contributed by atoms with Crippen LogP contribution in [-0.4, -0.2) is 47.6 Å². The third-order valence-corrected chi connectivity index (χ3v) is 2.24. The quantitative estimate of drug-likeness (QED) is 0.568. The van der Waals surface area contributed by atoms with E-state index in [1.165, 1.54) is 0 Å². The predicted octanol–water partition coefficient (Wildman–Crippen LogP) is -0.894. The van der Waals surface area contributed by atoms with Crippen LogP contribution >= 0.6 is 0 Å². The number of carbonyl (C=O) groups is 2. The van der Waals surface area contributed by atoms with E-state index in [-0.39, 0.29) is 12.6 Å². The molecule has 1 aliphatic heterocycles. The molecule has 0 radical (unpaired) electrons. The average molecular weight is 200 g/mol. The van der Waals surface area contributed by atoms with Crippen LogP contribution in [-0.2, 0) is 9.59 Å². The molecule has 0 saturated carbocycles. The molecule has 0 aromatic rings. The van der Waals surface area contributed by atoms with Gasteiger partial charge in [0.2, 0.25) is 0 Å². The van der Waals surface area contributed by atoms with Crippen molar-refractivity contribution in [2.45, 2.75) is 25.8 Å². The van der Waals surface area contributed by atoms with E-state index in [9.17, 15) is 9.59 Å². The number of amides is 2. The van der Waals surface area contributed by atoms with Gasteiger partial charge in [-0.05, 0) is 19.8 Å². The molecule has 0 unspecified atom stereocenters. The maximum atomic E-state index is 11.4. The summed E-state index contributed by atoms with van der Waals surface area (Å²) in [6.45, 7) is 2.83. The Bertz CT molecular complexity index is 224. The zero-order valence-corrected chi connectivity index (χ0v) is 8.32. The smallest absolute Gasteiger partial charge is 0.311 e. The minimum atomic E-state index is -0.617. The van der Waals surface area contributed by atoms with E-state index in [4.69, 9.17) is 5.11 Å². The number of rotatable bonds is 2. The predicted molar refractivity (Wildman–Crippen MR) is 50.5 cm³/mol. The first-order valence-electron chi connectivity index (χ1n) is 4.85. The molecule has 1 aliphatic rings. The van der Waals surface area contributed by atoms with Crippen LogP contribution in [0.15, 0.2) is 0 Å². The summed E-state index contributed by atoms with van der Waals surface area (Å²) in [6, 6.07) is -0.367. The van der Waals surface area contributed by atoms with Gasteiger partial charge in [0.25, 0.3) is 0 Å². The number of nitrogens with one attached hydrogen (secondary N) is 1. The van der Waals surface area contributed by atoms with Crippen molar-refractivity contribution < 1.29 is 14.7 Å². The van der Waals surface area contributed by atoms with Crippen molar-refractivity contribution in [3.05, 3.63) is 0 Å². The van der Waals surface area contributed by atoms with E-state index in [1.54, 1.807) is 11.8 Å². The van der Waals surface area contributed by atoms with E-state index in [0.717, 1.165) is 12.8 Å². The lowest BCUT2D eigenvalue weighted by Crippen LogP contribution is -2.45. The average Bonchev–Trinajstić information content (AvgIpc) is 2.69. The maximum absolute atomic E-state index is 11.4. The second kappa shape index (κ2) is 4.95. The highest BCUT2D eigenvalue weighted by atomic mass is 16.3. The lowest BCUT2D eigenvalue weighted by Gasteiger charge is -2.16. The number of hydrogen-bond acceptors (Lipinski definition) is 3. The minimum absolute atomic E-state index is 0.154. The summed E-state index contributed by atoms with van der Waals surface area (Å²) in [7, 11) is 0. The third kappa shape index (κ3) is 2.70. The first-order chi connectivity index (χ1) is 6.65. The maximum Gasteiger partial charge on any atom is 0.311 e. The highest BCUT2D eigenvalue weighted by Crippen LogP contribution is 2.07. The van der Waals surface area contributed by atoms with E-state index < -0.39 is 11.8 Å². The SMILES string of the molecule is C[C@H](CO)NC(=O)C(=O)N1CCCC1. The Labute approximate surface area is 83.1 Å². The summed E-state index contributed by atoms with van der Waals surface area (Å²) in [5, 5.41) is 11.1. The Hall–Kier alpha value is -1.10. The number of hydrogen-bond donors (Lipinski definition) is 2. The van der Waals surface area contributed by atoms with Gasteiger partial charge in [-0.15, -0.1) is 0 Å². The molecule has 0 bridgehead atoms. The molecule has 2 amide bonds. The fourth-order valence-electron chi connectivity index (χ4n) is 1.40. The molecule has 0 spiro atoms. The van der Waals surface area contributed by atoms with Crippen LogP contribution in [0, 0.1) is 0 Å². The summed E-state index contributed by atoms with van der Waals surface area (Å²) in [5.41, 5.74) is 0. The molecular weight excluding hydrogens is 184 g/mol. The van der Waals surface area contributed by atoms with Crippen molar-refractivity contribution in [2.75, 3.05) is 19.7 Å². The summed E-state index contributed by atoms with van der Waals surface area (Å²) >= 11 is 0. The number of aliphatic hydroxyl groups excluding tert-OH is 1. The first kappa shape index (κ1) is 11.0. The number of aliphatic hydroxyl groups is 1. The second-order valence-electron chi connectivity index (χ2n) is 3.56. The van der Waals surface area contributed by atoms with Crippen LogP contribution in [0.5, 0.6) is 0 Å². The molecule has 2 N–H and O–H groups in total. The number of likely N-dealkylation sites (tertiary alicyclic amines) is 1. The Morgan fingerprint density at radius 1 is 1.43 bits per heavy atom. The molecule has 1 saturated heterocycles. The van der Waals surface area contributed by atoms with Crippen LogP contribution in [0.2, 0.25) is 0 Å². The van der Waals surface area contributed by atoms with Gasteiger partial charge in [-0.3, -0.25) is 9.59 Å². The van der Waals surface area contributed by atoms with E-state index in [1.807, 2.05) is 0 Å². The van der Waals surface area contributed by atoms with Gasteiger partial charge in [-0.2, -0.15) is 0 Å². The van der Waals surface area contributed by atoms with E-state index >= 15 is 0 Å². The van der Waals surface area contributed by atoms with Crippen molar-refractivity contribution >= 4 is 11.8 Å². The summed E-state index contributed by atoms with van der Waals surface area (Å²) < 4.78 is 0. The molecule has 1 fully saturated rings. The van der Waals surface area contributed by atoms with Crippen molar-refractivity contribution in [1.82, 2.24) is 10.2 Å². The molecule has 0 aromatic carbocycles. The third-order valence-electron chi connectivity index (χ3n) is 2.24. The lowest BCUT2D eigenvalue weighted by atomic mass is 10.3. The van der Waals surface area contributed by atoms with Crippen LogP contribution in [0.1, 0.15) is 19.8 Å². The standard InChI is InChI=1S/C9H16N2O3/c1-7(6-12)10-8(13)9(14)11-4-2-3-5-11/h7,12H,2-6H2,1H3,(H,10,13)/t7-/m1/s1. The molecular formula is C9H16N2O3. The van der Waals surface area contributed by atoms with Crippen LogP contribution in [0.25, 0.3) is 0 Å². The fraction of sp³-hybridized carbons (Fsp3) is 0.778. The van der Waals surface area contributed by atoms with Gasteiger partial charge in [0.05, 0.1) is 6.61 Å². The topological polar surface area (TPSA) is 69.6 Å². The monoisotopic (exact) mass is 200 g/mol. The Morgan fingerprint density at radius 3 is 2.50 bits per heavy atom. The van der Waals surface area contributed by atoms with E-state index in [0.29, 0.717) is 13.1 Å². The Balaban J connectivity index is 2.39. The normalized spacial score (nSPS) is 18.0. The van der Waals surface area contributed by atoms with Crippen LogP contribution < -0.4 is 5.32 Å². The first-order valence-corrected chi connectivity index (χ1v) is 4.85. The highest BCUT2D eigenvalue weighted by Gasteiger charge is 2.24. The van der Waals surface area contributed by atoms with Crippen LogP contribution in [0.3, 0.4) is 0 Å². The van der Waals surface area contributed by atoms with Crippen molar-refractivity contribution in [3.63, 3.8) is 0 Å². The summed E-state index contributed by atoms with van der Waals surface area (Å²) in [4.78, 5) is 24.3. The van der Waals surface area contributed by atoms with Gasteiger partial charge in [-0.25, -0.2) is 0 Å². The molecule has 5 heteroatoms. The van der Waals surface area contributed by atoms with Gasteiger partial charge in [0, 0.05) is 19.1 Å². The van der Waals surface area contributed by atoms with Gasteiger partial charge in [-0.1, -0.05) is 0 Å². The number of carbonyl (C=O) groups excluding carboxylic acids is 2. The summed E-state index contributed by atoms with van der Waals surface area (Å²) in [6.07, 6.45) is 1.93. The van der Waals surface area contributed by atoms with Gasteiger partial charge in [0.1, 0.15) is 0 Å².